The number of hydrogen-bond acceptors (Lipinski definition) is 12. The number of benzene rings is 6. The van der Waals surface area contributed by atoms with Crippen LogP contribution in [0.4, 0.5) is 10.7 Å². The van der Waals surface area contributed by atoms with Crippen molar-refractivity contribution in [1.29, 1.82) is 0 Å². The number of nitrogens with zero attached hydrogens (tertiary/aromatic N) is 3. The lowest BCUT2D eigenvalue weighted by atomic mass is 9.80. The van der Waals surface area contributed by atoms with E-state index in [-0.39, 0.29) is 62.2 Å². The van der Waals surface area contributed by atoms with Crippen molar-refractivity contribution >= 4 is 35.0 Å². The fraction of sp³-hybridized carbons (Fsp3) is 0.228. The molecule has 2 aromatic heterocycles. The SMILES string of the molecule is COc1ccc(C(OC[C@H]2O[C@@H](n3cnc4c(=O)[nH]c(NC(=O)CCNC(=O)c5ccc(CNC(=O)OCC6c7ccccc7-c7ccccc76)cc5)nc43)C[C@H]2O)(c2ccccc2)c2ccc(OC)cc2)cc1. The first-order valence-electron chi connectivity index (χ1n) is 24.2. The minimum atomic E-state index is -1.16. The van der Waals surface area contributed by atoms with Gasteiger partial charge in [-0.1, -0.05) is 115 Å². The number of aromatic amines is 1. The van der Waals surface area contributed by atoms with E-state index in [0.717, 1.165) is 44.5 Å². The molecule has 3 amide bonds. The summed E-state index contributed by atoms with van der Waals surface area (Å²) in [7, 11) is 3.21. The Hall–Kier alpha value is -8.64. The van der Waals surface area contributed by atoms with E-state index in [1.54, 1.807) is 43.1 Å². The summed E-state index contributed by atoms with van der Waals surface area (Å²) >= 11 is 0. The highest BCUT2D eigenvalue weighted by Gasteiger charge is 2.42. The van der Waals surface area contributed by atoms with Gasteiger partial charge in [-0.2, -0.15) is 4.98 Å². The number of imidazole rings is 1. The summed E-state index contributed by atoms with van der Waals surface area (Å²) < 4.78 is 31.6. The van der Waals surface area contributed by atoms with Crippen molar-refractivity contribution in [3.05, 3.63) is 207 Å². The number of nitrogens with one attached hydrogen (secondary N) is 4. The van der Waals surface area contributed by atoms with E-state index < -0.39 is 47.5 Å². The van der Waals surface area contributed by atoms with Gasteiger partial charge in [0.25, 0.3) is 11.5 Å². The molecule has 376 valence electrons. The van der Waals surface area contributed by atoms with Crippen LogP contribution in [0.15, 0.2) is 163 Å². The van der Waals surface area contributed by atoms with Crippen LogP contribution >= 0.6 is 0 Å². The minimum Gasteiger partial charge on any atom is -0.497 e. The standard InChI is InChI=1S/C57H53N7O10/c1-70-40-24-20-38(21-25-40)57(37-10-4-3-5-11-37,39-22-26-41(71-2)27-23-39)73-33-48-47(65)30-50(74-48)64-34-60-51-52(64)62-55(63-54(51)68)61-49(66)28-29-58-53(67)36-18-16-35(17-19-36)31-59-56(69)72-32-46-44-14-8-6-12-42(44)43-13-7-9-15-45(43)46/h3-27,34,46-48,50,65H,28-33H2,1-2H3,(H,58,67)(H,59,69)(H2,61,62,63,66,68)/t47-,48-,50-/m1/s1. The van der Waals surface area contributed by atoms with E-state index in [9.17, 15) is 24.3 Å². The number of hydrogen-bond donors (Lipinski definition) is 5. The average Bonchev–Trinajstić information content (AvgIpc) is 4.14. The number of anilines is 1. The number of aliphatic hydroxyl groups excluding tert-OH is 1. The van der Waals surface area contributed by atoms with Crippen LogP contribution in [0.5, 0.6) is 11.5 Å². The Balaban J connectivity index is 0.732. The number of alkyl carbamates (subject to hydrolysis) is 1. The summed E-state index contributed by atoms with van der Waals surface area (Å²) in [5.41, 5.74) is 6.51. The molecule has 10 rings (SSSR count). The third-order valence-electron chi connectivity index (χ3n) is 13.5. The van der Waals surface area contributed by atoms with Gasteiger partial charge in [0.05, 0.1) is 33.3 Å². The lowest BCUT2D eigenvalue weighted by Crippen LogP contribution is -2.38. The number of methoxy groups -OCH3 is 2. The van der Waals surface area contributed by atoms with E-state index in [1.165, 1.54) is 6.33 Å². The first-order chi connectivity index (χ1) is 36.1. The largest absolute Gasteiger partial charge is 0.497 e. The highest BCUT2D eigenvalue weighted by atomic mass is 16.6. The summed E-state index contributed by atoms with van der Waals surface area (Å²) in [6.45, 7) is 0.335. The van der Waals surface area contributed by atoms with Crippen LogP contribution in [0.2, 0.25) is 0 Å². The summed E-state index contributed by atoms with van der Waals surface area (Å²) in [6, 6.07) is 48.0. The second kappa shape index (κ2) is 21.6. The maximum atomic E-state index is 13.2. The monoisotopic (exact) mass is 995 g/mol. The van der Waals surface area contributed by atoms with Crippen molar-refractivity contribution in [3.63, 3.8) is 0 Å². The topological polar surface area (TPSA) is 217 Å². The van der Waals surface area contributed by atoms with E-state index in [4.69, 9.17) is 23.7 Å². The molecule has 0 radical (unpaired) electrons. The van der Waals surface area contributed by atoms with Crippen LogP contribution in [-0.2, 0) is 31.2 Å². The zero-order valence-corrected chi connectivity index (χ0v) is 40.5. The van der Waals surface area contributed by atoms with Crippen molar-refractivity contribution in [3.8, 4) is 22.6 Å². The zero-order chi connectivity index (χ0) is 51.2. The molecule has 1 fully saturated rings. The number of rotatable bonds is 18. The molecular weight excluding hydrogens is 943 g/mol. The van der Waals surface area contributed by atoms with Crippen LogP contribution in [-0.4, -0.2) is 88.7 Å². The van der Waals surface area contributed by atoms with Crippen LogP contribution in [0.1, 0.15) is 68.7 Å². The molecular formula is C57H53N7O10. The predicted molar refractivity (Wildman–Crippen MR) is 275 cm³/mol. The van der Waals surface area contributed by atoms with Crippen molar-refractivity contribution in [2.75, 3.05) is 39.3 Å². The van der Waals surface area contributed by atoms with Crippen molar-refractivity contribution < 1.29 is 43.2 Å². The molecule has 8 aromatic rings. The average molecular weight is 996 g/mol. The third-order valence-corrected chi connectivity index (χ3v) is 13.5. The van der Waals surface area contributed by atoms with Gasteiger partial charge >= 0.3 is 6.09 Å². The summed E-state index contributed by atoms with van der Waals surface area (Å²) in [4.78, 5) is 63.4. The number of H-pyrrole nitrogens is 1. The Bertz CT molecular complexity index is 3250. The molecule has 0 spiro atoms. The van der Waals surface area contributed by atoms with Crippen molar-refractivity contribution in [2.24, 2.45) is 0 Å². The molecule has 0 unspecified atom stereocenters. The summed E-state index contributed by atoms with van der Waals surface area (Å²) in [5.74, 6) is 0.246. The Morgan fingerprint density at radius 1 is 0.757 bits per heavy atom. The number of amides is 3. The Morgan fingerprint density at radius 3 is 2.00 bits per heavy atom. The maximum absolute atomic E-state index is 13.2. The van der Waals surface area contributed by atoms with Gasteiger partial charge in [0.1, 0.15) is 36.0 Å². The van der Waals surface area contributed by atoms with Crippen molar-refractivity contribution in [1.82, 2.24) is 30.2 Å². The lowest BCUT2D eigenvalue weighted by Gasteiger charge is -2.37. The molecule has 1 saturated heterocycles. The molecule has 3 heterocycles. The molecule has 17 heteroatoms. The normalized spacial score (nSPS) is 16.0. The van der Waals surface area contributed by atoms with Gasteiger partial charge in [0.15, 0.2) is 11.2 Å². The molecule has 6 aromatic carbocycles. The van der Waals surface area contributed by atoms with Gasteiger partial charge in [-0.05, 0) is 80.9 Å². The van der Waals surface area contributed by atoms with Crippen LogP contribution in [0, 0.1) is 0 Å². The van der Waals surface area contributed by atoms with E-state index in [2.05, 4.69) is 55.2 Å². The number of aromatic nitrogens is 4. The first kappa shape index (κ1) is 49.0. The molecule has 17 nitrogen and oxygen atoms in total. The van der Waals surface area contributed by atoms with E-state index in [0.29, 0.717) is 17.1 Å². The fourth-order valence-electron chi connectivity index (χ4n) is 9.70. The number of ether oxygens (including phenoxy) is 5. The molecule has 0 bridgehead atoms. The number of fused-ring (bicyclic) bond motifs is 4. The number of carbonyl (C=O) groups excluding carboxylic acids is 3. The lowest BCUT2D eigenvalue weighted by molar-refractivity contribution is -0.116. The molecule has 1 aliphatic heterocycles. The predicted octanol–water partition coefficient (Wildman–Crippen LogP) is 7.59. The second-order valence-corrected chi connectivity index (χ2v) is 17.9. The van der Waals surface area contributed by atoms with E-state index in [1.807, 2.05) is 103 Å². The Morgan fingerprint density at radius 2 is 1.36 bits per heavy atom. The van der Waals surface area contributed by atoms with Gasteiger partial charge in [-0.15, -0.1) is 0 Å². The minimum absolute atomic E-state index is 0.00851. The summed E-state index contributed by atoms with van der Waals surface area (Å²) in [6.07, 6.45) is -1.74. The third kappa shape index (κ3) is 10.1. The van der Waals surface area contributed by atoms with Gasteiger partial charge in [0, 0.05) is 37.4 Å². The number of carbonyl (C=O) groups is 3. The van der Waals surface area contributed by atoms with Gasteiger partial charge < -0.3 is 39.4 Å². The Kier molecular flexibility index (Phi) is 14.3. The molecule has 3 atom stereocenters. The number of aliphatic hydroxyl groups is 1. The smallest absolute Gasteiger partial charge is 0.407 e. The molecule has 5 N–H and O–H groups in total. The molecule has 74 heavy (non-hydrogen) atoms. The second-order valence-electron chi connectivity index (χ2n) is 17.9. The molecule has 2 aliphatic rings. The highest BCUT2D eigenvalue weighted by Crippen LogP contribution is 2.45. The highest BCUT2D eigenvalue weighted by molar-refractivity contribution is 5.95. The first-order valence-corrected chi connectivity index (χ1v) is 24.2. The fourth-order valence-corrected chi connectivity index (χ4v) is 9.70. The maximum Gasteiger partial charge on any atom is 0.407 e. The van der Waals surface area contributed by atoms with Crippen LogP contribution in [0.3, 0.4) is 0 Å². The molecule has 0 saturated carbocycles. The van der Waals surface area contributed by atoms with Crippen molar-refractivity contribution in [2.45, 2.75) is 49.3 Å². The van der Waals surface area contributed by atoms with Gasteiger partial charge in [-0.25, -0.2) is 9.78 Å². The zero-order valence-electron chi connectivity index (χ0n) is 40.5. The summed E-state index contributed by atoms with van der Waals surface area (Å²) in [5, 5.41) is 19.6. The van der Waals surface area contributed by atoms with Crippen LogP contribution in [0.25, 0.3) is 22.3 Å². The van der Waals surface area contributed by atoms with E-state index >= 15 is 0 Å². The van der Waals surface area contributed by atoms with Crippen LogP contribution < -0.4 is 31.0 Å². The van der Waals surface area contributed by atoms with Gasteiger partial charge in [0.2, 0.25) is 11.9 Å². The Labute approximate surface area is 425 Å². The quantitative estimate of drug-likeness (QED) is 0.0526. The van der Waals surface area contributed by atoms with Gasteiger partial charge in [-0.3, -0.25) is 29.3 Å². The molecule has 1 aliphatic carbocycles.